The number of nitrogens with one attached hydrogen (secondary N) is 1. The minimum absolute atomic E-state index is 0.245. The Morgan fingerprint density at radius 1 is 0.935 bits per heavy atom. The number of amides is 1. The maximum absolute atomic E-state index is 13.6. The van der Waals surface area contributed by atoms with Crippen LogP contribution in [0.4, 0.5) is 4.39 Å². The van der Waals surface area contributed by atoms with Gasteiger partial charge in [-0.1, -0.05) is 30.4 Å². The van der Waals surface area contributed by atoms with Crippen LogP contribution in [-0.4, -0.2) is 40.3 Å². The van der Waals surface area contributed by atoms with Crippen molar-refractivity contribution in [1.29, 1.82) is 0 Å². The lowest BCUT2D eigenvalue weighted by Crippen LogP contribution is -2.49. The molecule has 0 radical (unpaired) electrons. The molecule has 0 aliphatic carbocycles. The van der Waals surface area contributed by atoms with E-state index in [1.54, 1.807) is 12.1 Å². The number of fused-ring (bicyclic) bond motifs is 1. The number of aromatic amines is 1. The van der Waals surface area contributed by atoms with Crippen LogP contribution in [0.2, 0.25) is 0 Å². The molecule has 2 aliphatic rings. The molecule has 1 spiro atoms. The third-order valence-electron chi connectivity index (χ3n) is 6.87. The van der Waals surface area contributed by atoms with E-state index in [2.05, 4.69) is 46.3 Å². The second-order valence-corrected chi connectivity index (χ2v) is 8.94. The molecule has 0 atom stereocenters. The molecule has 1 amide bonds. The molecule has 5 heteroatoms. The van der Waals surface area contributed by atoms with Gasteiger partial charge < -0.3 is 9.88 Å². The van der Waals surface area contributed by atoms with E-state index in [9.17, 15) is 9.18 Å². The lowest BCUT2D eigenvalue weighted by Gasteiger charge is -2.42. The highest BCUT2D eigenvalue weighted by molar-refractivity contribution is 5.84. The average Bonchev–Trinajstić information content (AvgIpc) is 3.20. The zero-order chi connectivity index (χ0) is 21.3. The third-order valence-corrected chi connectivity index (χ3v) is 6.87. The Balaban J connectivity index is 1.25. The summed E-state index contributed by atoms with van der Waals surface area (Å²) < 4.78 is 13.2. The van der Waals surface area contributed by atoms with Crippen LogP contribution in [0.15, 0.2) is 66.9 Å². The molecule has 0 saturated carbocycles. The van der Waals surface area contributed by atoms with E-state index in [1.807, 2.05) is 11.1 Å². The van der Waals surface area contributed by atoms with E-state index in [0.717, 1.165) is 44.5 Å². The molecule has 2 aliphatic heterocycles. The standard InChI is InChI=1S/C26H28FN3O/c27-23-6-3-20(4-7-23)19-30-14-2-1-10-26(25(30)31)11-15-29(16-12-26)18-21-5-8-24-22(17-21)9-13-28-24/h1-9,13,17,28H,10-12,14-16,18-19H2. The molecule has 3 heterocycles. The number of nitrogens with zero attached hydrogens (tertiary/aromatic N) is 2. The van der Waals surface area contributed by atoms with Crippen molar-refractivity contribution >= 4 is 16.8 Å². The van der Waals surface area contributed by atoms with Crippen LogP contribution in [-0.2, 0) is 17.9 Å². The maximum atomic E-state index is 13.6. The number of benzene rings is 2. The van der Waals surface area contributed by atoms with E-state index in [1.165, 1.54) is 28.6 Å². The Morgan fingerprint density at radius 2 is 1.71 bits per heavy atom. The number of halogens is 1. The summed E-state index contributed by atoms with van der Waals surface area (Å²) in [5, 5.41) is 1.24. The van der Waals surface area contributed by atoms with Crippen LogP contribution in [0.1, 0.15) is 30.4 Å². The molecular weight excluding hydrogens is 389 g/mol. The Hall–Kier alpha value is -2.92. The molecule has 3 aromatic rings. The highest BCUT2D eigenvalue weighted by atomic mass is 19.1. The number of rotatable bonds is 4. The number of H-pyrrole nitrogens is 1. The van der Waals surface area contributed by atoms with Crippen LogP contribution in [0, 0.1) is 11.2 Å². The van der Waals surface area contributed by atoms with Gasteiger partial charge in [0.25, 0.3) is 0 Å². The number of aromatic nitrogens is 1. The lowest BCUT2D eigenvalue weighted by molar-refractivity contribution is -0.144. The molecule has 0 bridgehead atoms. The number of hydrogen-bond acceptors (Lipinski definition) is 2. The molecule has 2 aromatic carbocycles. The summed E-state index contributed by atoms with van der Waals surface area (Å²) in [4.78, 5) is 21.2. The van der Waals surface area contributed by atoms with E-state index in [-0.39, 0.29) is 17.1 Å². The monoisotopic (exact) mass is 417 g/mol. The van der Waals surface area contributed by atoms with Crippen LogP contribution >= 0.6 is 0 Å². The van der Waals surface area contributed by atoms with Gasteiger partial charge in [0, 0.05) is 31.3 Å². The maximum Gasteiger partial charge on any atom is 0.229 e. The van der Waals surface area contributed by atoms with Gasteiger partial charge in [0.1, 0.15) is 5.82 Å². The van der Waals surface area contributed by atoms with Crippen molar-refractivity contribution in [1.82, 2.24) is 14.8 Å². The number of hydrogen-bond donors (Lipinski definition) is 1. The fourth-order valence-electron chi connectivity index (χ4n) is 4.98. The Morgan fingerprint density at radius 3 is 2.52 bits per heavy atom. The number of likely N-dealkylation sites (tertiary alicyclic amines) is 1. The largest absolute Gasteiger partial charge is 0.361 e. The zero-order valence-electron chi connectivity index (χ0n) is 17.7. The predicted octanol–water partition coefficient (Wildman–Crippen LogP) is 4.88. The minimum Gasteiger partial charge on any atom is -0.361 e. The highest BCUT2D eigenvalue weighted by Gasteiger charge is 2.43. The van der Waals surface area contributed by atoms with Crippen LogP contribution in [0.3, 0.4) is 0 Å². The summed E-state index contributed by atoms with van der Waals surface area (Å²) in [5.74, 6) is 0.000513. The number of carbonyl (C=O) groups is 1. The quantitative estimate of drug-likeness (QED) is 0.615. The van der Waals surface area contributed by atoms with Crippen molar-refractivity contribution in [2.24, 2.45) is 5.41 Å². The molecule has 1 fully saturated rings. The Bertz CT molecular complexity index is 1090. The molecule has 5 rings (SSSR count). The van der Waals surface area contributed by atoms with Gasteiger partial charge in [-0.3, -0.25) is 9.69 Å². The molecular formula is C26H28FN3O. The molecule has 160 valence electrons. The van der Waals surface area contributed by atoms with Crippen molar-refractivity contribution in [3.05, 3.63) is 83.8 Å². The van der Waals surface area contributed by atoms with Gasteiger partial charge in [-0.15, -0.1) is 0 Å². The molecule has 1 saturated heterocycles. The Kier molecular flexibility index (Phi) is 5.36. The van der Waals surface area contributed by atoms with Crippen LogP contribution < -0.4 is 0 Å². The molecule has 0 unspecified atom stereocenters. The topological polar surface area (TPSA) is 39.3 Å². The van der Waals surface area contributed by atoms with Gasteiger partial charge in [0.2, 0.25) is 5.91 Å². The van der Waals surface area contributed by atoms with Gasteiger partial charge in [-0.05, 0) is 79.2 Å². The summed E-state index contributed by atoms with van der Waals surface area (Å²) in [6, 6.07) is 15.2. The fourth-order valence-corrected chi connectivity index (χ4v) is 4.98. The van der Waals surface area contributed by atoms with E-state index >= 15 is 0 Å². The van der Waals surface area contributed by atoms with Gasteiger partial charge in [-0.2, -0.15) is 0 Å². The fraction of sp³-hybridized carbons (Fsp3) is 0.346. The summed E-state index contributed by atoms with van der Waals surface area (Å²) in [5.41, 5.74) is 3.14. The van der Waals surface area contributed by atoms with Crippen molar-refractivity contribution in [2.75, 3.05) is 19.6 Å². The highest BCUT2D eigenvalue weighted by Crippen LogP contribution is 2.39. The van der Waals surface area contributed by atoms with E-state index in [0.29, 0.717) is 13.1 Å². The van der Waals surface area contributed by atoms with Gasteiger partial charge >= 0.3 is 0 Å². The average molecular weight is 418 g/mol. The van der Waals surface area contributed by atoms with Crippen molar-refractivity contribution in [3.8, 4) is 0 Å². The smallest absolute Gasteiger partial charge is 0.229 e. The normalized spacial score (nSPS) is 19.3. The number of piperidine rings is 1. The summed E-state index contributed by atoms with van der Waals surface area (Å²) >= 11 is 0. The van der Waals surface area contributed by atoms with Crippen molar-refractivity contribution in [2.45, 2.75) is 32.4 Å². The summed E-state index contributed by atoms with van der Waals surface area (Å²) in [6.07, 6.45) is 8.83. The number of carbonyl (C=O) groups excluding carboxylic acids is 1. The first-order valence-electron chi connectivity index (χ1n) is 11.1. The SMILES string of the molecule is O=C1N(Cc2ccc(F)cc2)CC=CCC12CCN(Cc1ccc3[nH]ccc3c1)CC2. The van der Waals surface area contributed by atoms with Crippen LogP contribution in [0.5, 0.6) is 0 Å². The summed E-state index contributed by atoms with van der Waals surface area (Å²) in [7, 11) is 0. The van der Waals surface area contributed by atoms with Crippen molar-refractivity contribution < 1.29 is 9.18 Å². The van der Waals surface area contributed by atoms with Crippen molar-refractivity contribution in [3.63, 3.8) is 0 Å². The van der Waals surface area contributed by atoms with E-state index < -0.39 is 0 Å². The van der Waals surface area contributed by atoms with E-state index in [4.69, 9.17) is 0 Å². The molecule has 4 nitrogen and oxygen atoms in total. The Labute approximate surface area is 182 Å². The first-order valence-corrected chi connectivity index (χ1v) is 11.1. The number of allylic oxidation sites excluding steroid dienone is 1. The first-order chi connectivity index (χ1) is 15.1. The predicted molar refractivity (Wildman–Crippen MR) is 121 cm³/mol. The zero-order valence-corrected chi connectivity index (χ0v) is 17.7. The second kappa shape index (κ2) is 8.31. The minimum atomic E-state index is -0.311. The lowest BCUT2D eigenvalue weighted by atomic mass is 9.74. The molecule has 31 heavy (non-hydrogen) atoms. The van der Waals surface area contributed by atoms with Gasteiger partial charge in [0.05, 0.1) is 5.41 Å². The third kappa shape index (κ3) is 4.15. The molecule has 1 aromatic heterocycles. The first kappa shape index (κ1) is 20.0. The second-order valence-electron chi connectivity index (χ2n) is 8.94. The summed E-state index contributed by atoms with van der Waals surface area (Å²) in [6.45, 7) is 3.93. The van der Waals surface area contributed by atoms with Gasteiger partial charge in [0.15, 0.2) is 0 Å². The van der Waals surface area contributed by atoms with Crippen LogP contribution in [0.25, 0.3) is 10.9 Å². The molecule has 1 N–H and O–H groups in total. The van der Waals surface area contributed by atoms with Gasteiger partial charge in [-0.25, -0.2) is 4.39 Å².